The van der Waals surface area contributed by atoms with E-state index in [0.717, 1.165) is 23.3 Å². The Morgan fingerprint density at radius 3 is 2.74 bits per heavy atom. The van der Waals surface area contributed by atoms with Crippen LogP contribution in [0.1, 0.15) is 22.6 Å². The highest BCUT2D eigenvalue weighted by molar-refractivity contribution is 5.77. The molecule has 4 rings (SSSR count). The quantitative estimate of drug-likeness (QED) is 0.696. The molecule has 1 atom stereocenters. The maximum absolute atomic E-state index is 13.4. The van der Waals surface area contributed by atoms with Crippen LogP contribution in [0.15, 0.2) is 61.2 Å². The largest absolute Gasteiger partial charge is 0.497 e. The monoisotopic (exact) mass is 365 g/mol. The van der Waals surface area contributed by atoms with Crippen LogP contribution in [-0.4, -0.2) is 40.7 Å². The Bertz CT molecular complexity index is 939. The Morgan fingerprint density at radius 1 is 1.22 bits per heavy atom. The van der Waals surface area contributed by atoms with E-state index in [0.29, 0.717) is 13.1 Å². The lowest BCUT2D eigenvalue weighted by Crippen LogP contribution is -2.37. The van der Waals surface area contributed by atoms with Crippen molar-refractivity contribution in [2.24, 2.45) is 0 Å². The molecule has 0 radical (unpaired) electrons. The molecule has 1 aromatic heterocycles. The average Bonchev–Trinajstić information content (AvgIpc) is 3.17. The first-order chi connectivity index (χ1) is 13.2. The van der Waals surface area contributed by atoms with Gasteiger partial charge in [-0.3, -0.25) is 4.57 Å². The van der Waals surface area contributed by atoms with Crippen molar-refractivity contribution in [1.82, 2.24) is 14.5 Å². The summed E-state index contributed by atoms with van der Waals surface area (Å²) in [6.07, 6.45) is 5.50. The van der Waals surface area contributed by atoms with Crippen LogP contribution in [-0.2, 0) is 6.42 Å². The van der Waals surface area contributed by atoms with E-state index in [9.17, 15) is 9.18 Å². The zero-order chi connectivity index (χ0) is 18.8. The lowest BCUT2D eigenvalue weighted by atomic mass is 9.88. The lowest BCUT2D eigenvalue weighted by molar-refractivity contribution is 0.200. The SMILES string of the molecule is COc1ccc2c(c1)C(c1ccc(F)cc1)CN(C(=O)n1ccnc1)CC2. The van der Waals surface area contributed by atoms with Gasteiger partial charge in [-0.05, 0) is 47.4 Å². The second kappa shape index (κ2) is 7.23. The summed E-state index contributed by atoms with van der Waals surface area (Å²) >= 11 is 0. The number of halogens is 1. The molecule has 27 heavy (non-hydrogen) atoms. The molecule has 138 valence electrons. The van der Waals surface area contributed by atoms with Gasteiger partial charge in [-0.2, -0.15) is 0 Å². The number of ether oxygens (including phenoxy) is 1. The van der Waals surface area contributed by atoms with E-state index in [4.69, 9.17) is 4.74 Å². The number of imidazole rings is 1. The molecule has 0 saturated heterocycles. The minimum Gasteiger partial charge on any atom is -0.497 e. The molecule has 0 spiro atoms. The summed E-state index contributed by atoms with van der Waals surface area (Å²) in [5.41, 5.74) is 3.25. The van der Waals surface area contributed by atoms with Gasteiger partial charge in [0.25, 0.3) is 0 Å². The highest BCUT2D eigenvalue weighted by Crippen LogP contribution is 2.34. The zero-order valence-electron chi connectivity index (χ0n) is 15.0. The minimum absolute atomic E-state index is 0.0642. The number of aromatic nitrogens is 2. The first kappa shape index (κ1) is 17.3. The number of carbonyl (C=O) groups excluding carboxylic acids is 1. The number of benzene rings is 2. The molecule has 2 aromatic carbocycles. The van der Waals surface area contributed by atoms with Crippen LogP contribution in [0, 0.1) is 5.82 Å². The molecule has 1 aliphatic rings. The summed E-state index contributed by atoms with van der Waals surface area (Å²) in [4.78, 5) is 18.7. The molecule has 0 N–H and O–H groups in total. The van der Waals surface area contributed by atoms with Gasteiger partial charge in [0, 0.05) is 31.4 Å². The molecule has 5 nitrogen and oxygen atoms in total. The van der Waals surface area contributed by atoms with Crippen molar-refractivity contribution >= 4 is 6.03 Å². The van der Waals surface area contributed by atoms with Gasteiger partial charge in [-0.15, -0.1) is 0 Å². The number of hydrogen-bond donors (Lipinski definition) is 0. The van der Waals surface area contributed by atoms with Gasteiger partial charge in [0.15, 0.2) is 0 Å². The molecular weight excluding hydrogens is 345 g/mol. The van der Waals surface area contributed by atoms with Gasteiger partial charge >= 0.3 is 6.03 Å². The number of rotatable bonds is 2. The van der Waals surface area contributed by atoms with Crippen molar-refractivity contribution in [2.45, 2.75) is 12.3 Å². The Hall–Kier alpha value is -3.15. The van der Waals surface area contributed by atoms with Crippen molar-refractivity contribution in [3.05, 3.63) is 83.7 Å². The molecule has 1 unspecified atom stereocenters. The maximum atomic E-state index is 13.4. The first-order valence-corrected chi connectivity index (χ1v) is 8.85. The average molecular weight is 365 g/mol. The molecule has 0 aliphatic carbocycles. The number of methoxy groups -OCH3 is 1. The summed E-state index contributed by atoms with van der Waals surface area (Å²) in [5.74, 6) is 0.436. The number of nitrogens with zero attached hydrogens (tertiary/aromatic N) is 3. The smallest absolute Gasteiger partial charge is 0.329 e. The number of fused-ring (bicyclic) bond motifs is 1. The second-order valence-electron chi connectivity index (χ2n) is 6.62. The van der Waals surface area contributed by atoms with E-state index >= 15 is 0 Å². The summed E-state index contributed by atoms with van der Waals surface area (Å²) in [6.45, 7) is 1.11. The van der Waals surface area contributed by atoms with Crippen molar-refractivity contribution in [1.29, 1.82) is 0 Å². The van der Waals surface area contributed by atoms with Gasteiger partial charge in [-0.1, -0.05) is 18.2 Å². The third kappa shape index (κ3) is 3.43. The van der Waals surface area contributed by atoms with E-state index in [2.05, 4.69) is 11.1 Å². The number of hydrogen-bond acceptors (Lipinski definition) is 3. The third-order valence-electron chi connectivity index (χ3n) is 5.05. The van der Waals surface area contributed by atoms with Crippen molar-refractivity contribution in [2.75, 3.05) is 20.2 Å². The molecule has 1 aliphatic heterocycles. The molecule has 2 heterocycles. The fraction of sp³-hybridized carbons (Fsp3) is 0.238. The van der Waals surface area contributed by atoms with E-state index in [1.807, 2.05) is 17.0 Å². The zero-order valence-corrected chi connectivity index (χ0v) is 15.0. The van der Waals surface area contributed by atoms with E-state index in [1.54, 1.807) is 31.6 Å². The van der Waals surface area contributed by atoms with E-state index in [1.165, 1.54) is 28.6 Å². The van der Waals surface area contributed by atoms with Crippen LogP contribution in [0.4, 0.5) is 9.18 Å². The van der Waals surface area contributed by atoms with E-state index in [-0.39, 0.29) is 17.8 Å². The Morgan fingerprint density at radius 2 is 2.04 bits per heavy atom. The Labute approximate surface area is 157 Å². The third-order valence-corrected chi connectivity index (χ3v) is 5.05. The highest BCUT2D eigenvalue weighted by Gasteiger charge is 2.28. The normalized spacial score (nSPS) is 16.5. The topological polar surface area (TPSA) is 47.4 Å². The molecule has 0 saturated carbocycles. The van der Waals surface area contributed by atoms with Gasteiger partial charge in [0.05, 0.1) is 7.11 Å². The minimum atomic E-state index is -0.274. The Balaban J connectivity index is 1.75. The lowest BCUT2D eigenvalue weighted by Gasteiger charge is -2.25. The standard InChI is InChI=1S/C21H20FN3O2/c1-27-18-7-4-16-8-10-24(21(26)25-11-9-23-14-25)13-20(19(16)12-18)15-2-5-17(22)6-3-15/h2-7,9,11-12,14,20H,8,10,13H2,1H3. The maximum Gasteiger partial charge on any atom is 0.329 e. The van der Waals surface area contributed by atoms with Crippen molar-refractivity contribution < 1.29 is 13.9 Å². The second-order valence-corrected chi connectivity index (χ2v) is 6.62. The van der Waals surface area contributed by atoms with Crippen LogP contribution in [0.3, 0.4) is 0 Å². The summed E-state index contributed by atoms with van der Waals surface area (Å²) < 4.78 is 20.3. The predicted octanol–water partition coefficient (Wildman–Crippen LogP) is 3.69. The summed E-state index contributed by atoms with van der Waals surface area (Å²) in [6, 6.07) is 12.4. The fourth-order valence-corrected chi connectivity index (χ4v) is 3.61. The number of carbonyl (C=O) groups is 1. The fourth-order valence-electron chi connectivity index (χ4n) is 3.61. The van der Waals surface area contributed by atoms with Gasteiger partial charge in [0.2, 0.25) is 0 Å². The molecule has 1 amide bonds. The van der Waals surface area contributed by atoms with Crippen LogP contribution < -0.4 is 4.74 Å². The van der Waals surface area contributed by atoms with Gasteiger partial charge in [0.1, 0.15) is 17.9 Å². The number of amides is 1. The summed E-state index contributed by atoms with van der Waals surface area (Å²) in [5, 5.41) is 0. The van der Waals surface area contributed by atoms with Crippen LogP contribution in [0.25, 0.3) is 0 Å². The van der Waals surface area contributed by atoms with Crippen LogP contribution in [0.5, 0.6) is 5.75 Å². The predicted molar refractivity (Wildman–Crippen MR) is 99.5 cm³/mol. The molecular formula is C21H20FN3O2. The van der Waals surface area contributed by atoms with Crippen molar-refractivity contribution in [3.8, 4) is 5.75 Å². The van der Waals surface area contributed by atoms with Gasteiger partial charge < -0.3 is 9.64 Å². The van der Waals surface area contributed by atoms with E-state index < -0.39 is 0 Å². The molecule has 3 aromatic rings. The molecule has 0 fully saturated rings. The summed E-state index contributed by atoms with van der Waals surface area (Å²) in [7, 11) is 1.64. The first-order valence-electron chi connectivity index (χ1n) is 8.85. The van der Waals surface area contributed by atoms with Gasteiger partial charge in [-0.25, -0.2) is 14.2 Å². The van der Waals surface area contributed by atoms with Crippen molar-refractivity contribution in [3.63, 3.8) is 0 Å². The molecule has 6 heteroatoms. The highest BCUT2D eigenvalue weighted by atomic mass is 19.1. The Kier molecular flexibility index (Phi) is 4.62. The van der Waals surface area contributed by atoms with Crippen LogP contribution >= 0.6 is 0 Å². The molecule has 0 bridgehead atoms. The van der Waals surface area contributed by atoms with Crippen LogP contribution in [0.2, 0.25) is 0 Å².